The molecule has 5 rings (SSSR count). The van der Waals surface area contributed by atoms with Gasteiger partial charge in [-0.2, -0.15) is 0 Å². The van der Waals surface area contributed by atoms with Crippen molar-refractivity contribution in [1.29, 1.82) is 0 Å². The molecule has 1 aliphatic rings. The molecule has 0 bridgehead atoms. The van der Waals surface area contributed by atoms with Crippen LogP contribution < -0.4 is 10.2 Å². The molecule has 6 nitrogen and oxygen atoms in total. The maximum absolute atomic E-state index is 12.5. The molecule has 4 aromatic rings. The number of rotatable bonds is 6. The molecule has 160 valence electrons. The predicted molar refractivity (Wildman–Crippen MR) is 129 cm³/mol. The number of aromatic nitrogens is 2. The molecule has 0 aliphatic carbocycles. The summed E-state index contributed by atoms with van der Waals surface area (Å²) in [6.07, 6.45) is 1.57. The van der Waals surface area contributed by atoms with Crippen LogP contribution in [-0.4, -0.2) is 28.3 Å². The first-order valence-corrected chi connectivity index (χ1v) is 12.1. The minimum atomic E-state index is -0.171. The molecule has 1 aliphatic heterocycles. The Hall–Kier alpha value is -3.36. The lowest BCUT2D eigenvalue weighted by Gasteiger charge is -2.10. The highest BCUT2D eigenvalue weighted by Crippen LogP contribution is 2.28. The van der Waals surface area contributed by atoms with E-state index < -0.39 is 0 Å². The number of hydrogen-bond donors (Lipinski definition) is 1. The topological polar surface area (TPSA) is 75.2 Å². The molecule has 0 radical (unpaired) electrons. The van der Waals surface area contributed by atoms with Crippen molar-refractivity contribution in [2.75, 3.05) is 16.8 Å². The van der Waals surface area contributed by atoms with Crippen LogP contribution in [0.2, 0.25) is 0 Å². The molecule has 1 fully saturated rings. The highest BCUT2D eigenvalue weighted by atomic mass is 32.1. The standard InChI is InChI=1S/C24H20N4O2S2/c29-21(13-19-14-32-24(25-19)28-12-4-7-22(28)30)27-23-26-20(15-31-23)18-10-8-17(9-11-18)16-5-2-1-3-6-16/h1-3,5-6,8-11,14-15H,4,7,12-13H2,(H,26,27,29). The van der Waals surface area contributed by atoms with Crippen molar-refractivity contribution in [3.63, 3.8) is 0 Å². The third kappa shape index (κ3) is 4.46. The average Bonchev–Trinajstić information content (AvgIpc) is 3.56. The van der Waals surface area contributed by atoms with E-state index in [1.807, 2.05) is 41.1 Å². The van der Waals surface area contributed by atoms with Gasteiger partial charge in [0.25, 0.3) is 0 Å². The zero-order valence-corrected chi connectivity index (χ0v) is 18.8. The molecule has 1 saturated heterocycles. The largest absolute Gasteiger partial charge is 0.302 e. The summed E-state index contributed by atoms with van der Waals surface area (Å²) in [7, 11) is 0. The summed E-state index contributed by atoms with van der Waals surface area (Å²) in [5.41, 5.74) is 4.81. The van der Waals surface area contributed by atoms with Crippen LogP contribution in [0.4, 0.5) is 10.3 Å². The molecule has 0 atom stereocenters. The molecule has 0 unspecified atom stereocenters. The fourth-order valence-electron chi connectivity index (χ4n) is 3.61. The molecule has 0 spiro atoms. The number of nitrogens with zero attached hydrogens (tertiary/aromatic N) is 3. The molecule has 2 aromatic carbocycles. The Kier molecular flexibility index (Phi) is 5.79. The lowest BCUT2D eigenvalue weighted by atomic mass is 10.0. The normalized spacial score (nSPS) is 13.5. The first-order chi connectivity index (χ1) is 15.7. The first kappa shape index (κ1) is 20.5. The summed E-state index contributed by atoms with van der Waals surface area (Å²) >= 11 is 2.80. The Bertz CT molecular complexity index is 1250. The van der Waals surface area contributed by atoms with Crippen molar-refractivity contribution in [3.8, 4) is 22.4 Å². The maximum Gasteiger partial charge on any atom is 0.232 e. The van der Waals surface area contributed by atoms with Gasteiger partial charge in [-0.15, -0.1) is 22.7 Å². The first-order valence-electron chi connectivity index (χ1n) is 10.3. The van der Waals surface area contributed by atoms with Gasteiger partial charge in [0.1, 0.15) is 0 Å². The van der Waals surface area contributed by atoms with Crippen LogP contribution >= 0.6 is 22.7 Å². The number of anilines is 2. The van der Waals surface area contributed by atoms with Crippen LogP contribution in [0.3, 0.4) is 0 Å². The lowest BCUT2D eigenvalue weighted by Crippen LogP contribution is -2.23. The quantitative estimate of drug-likeness (QED) is 0.427. The molecular weight excluding hydrogens is 440 g/mol. The minimum absolute atomic E-state index is 0.0995. The zero-order valence-electron chi connectivity index (χ0n) is 17.2. The Labute approximate surface area is 193 Å². The lowest BCUT2D eigenvalue weighted by molar-refractivity contribution is -0.117. The Balaban J connectivity index is 1.21. The zero-order chi connectivity index (χ0) is 21.9. The van der Waals surface area contributed by atoms with Gasteiger partial charge in [-0.05, 0) is 17.5 Å². The van der Waals surface area contributed by atoms with Gasteiger partial charge in [0.2, 0.25) is 11.8 Å². The van der Waals surface area contributed by atoms with Gasteiger partial charge in [0.05, 0.1) is 17.8 Å². The molecule has 0 saturated carbocycles. The Morgan fingerprint density at radius 1 is 0.938 bits per heavy atom. The molecule has 2 amide bonds. The monoisotopic (exact) mass is 460 g/mol. The summed E-state index contributed by atoms with van der Waals surface area (Å²) in [5, 5.41) is 7.86. The van der Waals surface area contributed by atoms with Gasteiger partial charge >= 0.3 is 0 Å². The second kappa shape index (κ2) is 9.02. The molecule has 1 N–H and O–H groups in total. The van der Waals surface area contributed by atoms with E-state index in [-0.39, 0.29) is 18.2 Å². The van der Waals surface area contributed by atoms with Gasteiger partial charge in [0, 0.05) is 29.3 Å². The Morgan fingerprint density at radius 3 is 2.44 bits per heavy atom. The van der Waals surface area contributed by atoms with Crippen molar-refractivity contribution in [3.05, 3.63) is 71.1 Å². The minimum Gasteiger partial charge on any atom is -0.302 e. The maximum atomic E-state index is 12.5. The number of amides is 2. The summed E-state index contributed by atoms with van der Waals surface area (Å²) in [5.74, 6) is -0.0719. The number of benzene rings is 2. The van der Waals surface area contributed by atoms with E-state index in [1.165, 1.54) is 28.2 Å². The second-order valence-electron chi connectivity index (χ2n) is 7.48. The molecule has 8 heteroatoms. The van der Waals surface area contributed by atoms with Crippen molar-refractivity contribution in [2.24, 2.45) is 0 Å². The average molecular weight is 461 g/mol. The summed E-state index contributed by atoms with van der Waals surface area (Å²) in [4.78, 5) is 35.0. The van der Waals surface area contributed by atoms with Gasteiger partial charge in [-0.25, -0.2) is 9.97 Å². The number of carbonyl (C=O) groups excluding carboxylic acids is 2. The smallest absolute Gasteiger partial charge is 0.232 e. The van der Waals surface area contributed by atoms with E-state index >= 15 is 0 Å². The van der Waals surface area contributed by atoms with E-state index in [2.05, 4.69) is 39.6 Å². The fraction of sp³-hybridized carbons (Fsp3) is 0.167. The predicted octanol–water partition coefficient (Wildman–Crippen LogP) is 5.24. The Morgan fingerprint density at radius 2 is 1.69 bits per heavy atom. The number of hydrogen-bond acceptors (Lipinski definition) is 6. The third-order valence-corrected chi connectivity index (χ3v) is 6.89. The van der Waals surface area contributed by atoms with Crippen molar-refractivity contribution >= 4 is 44.8 Å². The van der Waals surface area contributed by atoms with Crippen LogP contribution in [0.25, 0.3) is 22.4 Å². The SMILES string of the molecule is O=C(Cc1csc(N2CCCC2=O)n1)Nc1nc(-c2ccc(-c3ccccc3)cc2)cs1. The summed E-state index contributed by atoms with van der Waals surface area (Å²) in [6, 6.07) is 18.5. The van der Waals surface area contributed by atoms with Crippen LogP contribution in [-0.2, 0) is 16.0 Å². The van der Waals surface area contributed by atoms with Gasteiger partial charge < -0.3 is 5.32 Å². The van der Waals surface area contributed by atoms with Crippen LogP contribution in [0.1, 0.15) is 18.5 Å². The van der Waals surface area contributed by atoms with E-state index in [0.717, 1.165) is 23.2 Å². The van der Waals surface area contributed by atoms with E-state index in [1.54, 1.807) is 4.90 Å². The van der Waals surface area contributed by atoms with Crippen molar-refractivity contribution < 1.29 is 9.59 Å². The van der Waals surface area contributed by atoms with Crippen LogP contribution in [0.5, 0.6) is 0 Å². The third-order valence-electron chi connectivity index (χ3n) is 5.22. The molecule has 3 heterocycles. The molecular formula is C24H20N4O2S2. The highest BCUT2D eigenvalue weighted by molar-refractivity contribution is 7.14. The molecule has 32 heavy (non-hydrogen) atoms. The van der Waals surface area contributed by atoms with Crippen molar-refractivity contribution in [1.82, 2.24) is 9.97 Å². The summed E-state index contributed by atoms with van der Waals surface area (Å²) < 4.78 is 0. The highest BCUT2D eigenvalue weighted by Gasteiger charge is 2.24. The second-order valence-corrected chi connectivity index (χ2v) is 9.17. The van der Waals surface area contributed by atoms with Gasteiger partial charge in [-0.3, -0.25) is 14.5 Å². The fourth-order valence-corrected chi connectivity index (χ4v) is 5.21. The van der Waals surface area contributed by atoms with E-state index in [9.17, 15) is 9.59 Å². The van der Waals surface area contributed by atoms with Crippen molar-refractivity contribution in [2.45, 2.75) is 19.3 Å². The summed E-state index contributed by atoms with van der Waals surface area (Å²) in [6.45, 7) is 0.701. The van der Waals surface area contributed by atoms with Crippen LogP contribution in [0.15, 0.2) is 65.4 Å². The van der Waals surface area contributed by atoms with Gasteiger partial charge in [0.15, 0.2) is 10.3 Å². The van der Waals surface area contributed by atoms with E-state index in [0.29, 0.717) is 28.9 Å². The number of nitrogens with one attached hydrogen (secondary N) is 1. The molecule has 2 aromatic heterocycles. The van der Waals surface area contributed by atoms with Gasteiger partial charge in [-0.1, -0.05) is 54.6 Å². The number of thiazole rings is 2. The van der Waals surface area contributed by atoms with E-state index in [4.69, 9.17) is 0 Å². The number of carbonyl (C=O) groups is 2. The van der Waals surface area contributed by atoms with Crippen LogP contribution in [0, 0.1) is 0 Å².